The van der Waals surface area contributed by atoms with E-state index in [1.807, 2.05) is 0 Å². The van der Waals surface area contributed by atoms with Gasteiger partial charge < -0.3 is 5.32 Å². The van der Waals surface area contributed by atoms with Crippen molar-refractivity contribution in [2.45, 2.75) is 26.2 Å². The summed E-state index contributed by atoms with van der Waals surface area (Å²) in [7, 11) is -0.0415. The van der Waals surface area contributed by atoms with Gasteiger partial charge in [-0.05, 0) is 38.3 Å². The van der Waals surface area contributed by atoms with Crippen molar-refractivity contribution in [2.75, 3.05) is 40.3 Å². The van der Waals surface area contributed by atoms with Crippen LogP contribution in [0.25, 0.3) is 0 Å². The SMILES string of the molecule is CCCNCC1CCCN(S(=O)(=O)N(C)C)C1. The zero-order chi connectivity index (χ0) is 12.9. The van der Waals surface area contributed by atoms with Gasteiger partial charge in [-0.2, -0.15) is 17.0 Å². The van der Waals surface area contributed by atoms with Gasteiger partial charge in [-0.1, -0.05) is 6.92 Å². The zero-order valence-corrected chi connectivity index (χ0v) is 12.0. The fraction of sp³-hybridized carbons (Fsp3) is 1.00. The van der Waals surface area contributed by atoms with Gasteiger partial charge in [0.1, 0.15) is 0 Å². The van der Waals surface area contributed by atoms with E-state index in [1.165, 1.54) is 4.31 Å². The Morgan fingerprint density at radius 3 is 2.71 bits per heavy atom. The van der Waals surface area contributed by atoms with Gasteiger partial charge in [-0.3, -0.25) is 0 Å². The van der Waals surface area contributed by atoms with E-state index in [1.54, 1.807) is 18.4 Å². The van der Waals surface area contributed by atoms with Crippen LogP contribution in [0.5, 0.6) is 0 Å². The van der Waals surface area contributed by atoms with Crippen molar-refractivity contribution in [3.8, 4) is 0 Å². The Morgan fingerprint density at radius 1 is 1.41 bits per heavy atom. The van der Waals surface area contributed by atoms with Crippen LogP contribution >= 0.6 is 0 Å². The third-order valence-corrected chi connectivity index (χ3v) is 5.04. The van der Waals surface area contributed by atoms with Gasteiger partial charge in [0.15, 0.2) is 0 Å². The van der Waals surface area contributed by atoms with E-state index in [-0.39, 0.29) is 0 Å². The highest BCUT2D eigenvalue weighted by Gasteiger charge is 2.29. The minimum atomic E-state index is -3.22. The Morgan fingerprint density at radius 2 is 2.12 bits per heavy atom. The highest BCUT2D eigenvalue weighted by molar-refractivity contribution is 7.86. The van der Waals surface area contributed by atoms with Crippen molar-refractivity contribution in [1.82, 2.24) is 13.9 Å². The van der Waals surface area contributed by atoms with Gasteiger partial charge in [0.25, 0.3) is 10.2 Å². The third-order valence-electron chi connectivity index (χ3n) is 3.13. The summed E-state index contributed by atoms with van der Waals surface area (Å²) >= 11 is 0. The molecule has 0 radical (unpaired) electrons. The number of piperidine rings is 1. The largest absolute Gasteiger partial charge is 0.316 e. The molecule has 17 heavy (non-hydrogen) atoms. The van der Waals surface area contributed by atoms with Crippen LogP contribution in [0.3, 0.4) is 0 Å². The lowest BCUT2D eigenvalue weighted by Crippen LogP contribution is -2.47. The molecular formula is C11H25N3O2S. The molecule has 5 nitrogen and oxygen atoms in total. The number of hydrogen-bond donors (Lipinski definition) is 1. The van der Waals surface area contributed by atoms with Crippen LogP contribution in [0.15, 0.2) is 0 Å². The van der Waals surface area contributed by atoms with Gasteiger partial charge in [-0.25, -0.2) is 0 Å². The monoisotopic (exact) mass is 263 g/mol. The van der Waals surface area contributed by atoms with E-state index >= 15 is 0 Å². The lowest BCUT2D eigenvalue weighted by Gasteiger charge is -2.33. The van der Waals surface area contributed by atoms with E-state index in [2.05, 4.69) is 12.2 Å². The molecule has 0 aromatic rings. The lowest BCUT2D eigenvalue weighted by molar-refractivity contribution is 0.250. The maximum atomic E-state index is 12.0. The second kappa shape index (κ2) is 6.68. The van der Waals surface area contributed by atoms with Crippen molar-refractivity contribution in [3.63, 3.8) is 0 Å². The quantitative estimate of drug-likeness (QED) is 0.710. The molecule has 0 aromatic heterocycles. The maximum absolute atomic E-state index is 12.0. The molecule has 1 atom stereocenters. The molecule has 0 aromatic carbocycles. The molecule has 1 unspecified atom stereocenters. The molecule has 6 heteroatoms. The molecule has 0 aliphatic carbocycles. The van der Waals surface area contributed by atoms with Gasteiger partial charge in [0.2, 0.25) is 0 Å². The van der Waals surface area contributed by atoms with Crippen LogP contribution in [0, 0.1) is 5.92 Å². The van der Waals surface area contributed by atoms with Crippen LogP contribution in [0.1, 0.15) is 26.2 Å². The first kappa shape index (κ1) is 14.9. The number of nitrogens with one attached hydrogen (secondary N) is 1. The number of hydrogen-bond acceptors (Lipinski definition) is 3. The molecular weight excluding hydrogens is 238 g/mol. The fourth-order valence-corrected chi connectivity index (χ4v) is 3.34. The van der Waals surface area contributed by atoms with Crippen LogP contribution in [0.2, 0.25) is 0 Å². The minimum absolute atomic E-state index is 0.449. The number of rotatable bonds is 6. The van der Waals surface area contributed by atoms with Gasteiger partial charge in [-0.15, -0.1) is 0 Å². The van der Waals surface area contributed by atoms with E-state index in [0.29, 0.717) is 19.0 Å². The second-order valence-corrected chi connectivity index (χ2v) is 7.00. The standard InChI is InChI=1S/C11H25N3O2S/c1-4-7-12-9-11-6-5-8-14(10-11)17(15,16)13(2)3/h11-12H,4-10H2,1-3H3. The van der Waals surface area contributed by atoms with E-state index in [9.17, 15) is 8.42 Å². The molecule has 1 rings (SSSR count). The average molecular weight is 263 g/mol. The summed E-state index contributed by atoms with van der Waals surface area (Å²) in [5.74, 6) is 0.449. The zero-order valence-electron chi connectivity index (χ0n) is 11.1. The van der Waals surface area contributed by atoms with E-state index in [4.69, 9.17) is 0 Å². The summed E-state index contributed by atoms with van der Waals surface area (Å²) in [6.45, 7) is 5.38. The second-order valence-electron chi connectivity index (χ2n) is 4.86. The average Bonchev–Trinajstić information content (AvgIpc) is 2.29. The Labute approximate surface area is 105 Å². The Balaban J connectivity index is 2.49. The van der Waals surface area contributed by atoms with Crippen molar-refractivity contribution in [1.29, 1.82) is 0 Å². The Kier molecular flexibility index (Phi) is 5.85. The predicted octanol–water partition coefficient (Wildman–Crippen LogP) is 0.504. The molecule has 102 valence electrons. The molecule has 1 fully saturated rings. The van der Waals surface area contributed by atoms with Crippen molar-refractivity contribution < 1.29 is 8.42 Å². The highest BCUT2D eigenvalue weighted by atomic mass is 32.2. The van der Waals surface area contributed by atoms with Gasteiger partial charge in [0, 0.05) is 27.2 Å². The fourth-order valence-electron chi connectivity index (χ4n) is 2.12. The highest BCUT2D eigenvalue weighted by Crippen LogP contribution is 2.19. The predicted molar refractivity (Wildman–Crippen MR) is 70.1 cm³/mol. The summed E-state index contributed by atoms with van der Waals surface area (Å²) in [6, 6.07) is 0. The molecule has 0 amide bonds. The molecule has 1 aliphatic rings. The number of nitrogens with zero attached hydrogens (tertiary/aromatic N) is 2. The molecule has 1 saturated heterocycles. The molecule has 0 bridgehead atoms. The first-order valence-corrected chi connectivity index (χ1v) is 7.76. The van der Waals surface area contributed by atoms with Crippen LogP contribution in [-0.4, -0.2) is 57.3 Å². The molecule has 1 heterocycles. The van der Waals surface area contributed by atoms with Gasteiger partial charge in [0.05, 0.1) is 0 Å². The summed E-state index contributed by atoms with van der Waals surface area (Å²) in [5.41, 5.74) is 0. The normalized spacial score (nSPS) is 23.2. The van der Waals surface area contributed by atoms with Crippen molar-refractivity contribution in [3.05, 3.63) is 0 Å². The lowest BCUT2D eigenvalue weighted by atomic mass is 10.00. The Bertz CT molecular complexity index is 317. The van der Waals surface area contributed by atoms with Crippen LogP contribution < -0.4 is 5.32 Å². The molecule has 0 spiro atoms. The summed E-state index contributed by atoms with van der Waals surface area (Å²) < 4.78 is 26.9. The van der Waals surface area contributed by atoms with Gasteiger partial charge >= 0.3 is 0 Å². The van der Waals surface area contributed by atoms with E-state index < -0.39 is 10.2 Å². The van der Waals surface area contributed by atoms with E-state index in [0.717, 1.165) is 32.4 Å². The van der Waals surface area contributed by atoms with Crippen molar-refractivity contribution in [2.24, 2.45) is 5.92 Å². The van der Waals surface area contributed by atoms with Crippen molar-refractivity contribution >= 4 is 10.2 Å². The maximum Gasteiger partial charge on any atom is 0.281 e. The third kappa shape index (κ3) is 4.21. The molecule has 1 aliphatic heterocycles. The first-order valence-electron chi connectivity index (χ1n) is 6.36. The smallest absolute Gasteiger partial charge is 0.281 e. The summed E-state index contributed by atoms with van der Waals surface area (Å²) in [5, 5.41) is 3.37. The van der Waals surface area contributed by atoms with Crippen LogP contribution in [-0.2, 0) is 10.2 Å². The topological polar surface area (TPSA) is 52.7 Å². The summed E-state index contributed by atoms with van der Waals surface area (Å²) in [6.07, 6.45) is 3.20. The summed E-state index contributed by atoms with van der Waals surface area (Å²) in [4.78, 5) is 0. The molecule has 0 saturated carbocycles. The van der Waals surface area contributed by atoms with Crippen LogP contribution in [0.4, 0.5) is 0 Å². The molecule has 1 N–H and O–H groups in total. The minimum Gasteiger partial charge on any atom is -0.316 e. The Hall–Kier alpha value is -0.170. The first-order chi connectivity index (χ1) is 7.98.